The van der Waals surface area contributed by atoms with Gasteiger partial charge in [0.25, 0.3) is 5.91 Å². The van der Waals surface area contributed by atoms with Crippen molar-refractivity contribution in [3.05, 3.63) is 58.6 Å². The van der Waals surface area contributed by atoms with Gasteiger partial charge in [0.1, 0.15) is 0 Å². The third kappa shape index (κ3) is 4.63. The summed E-state index contributed by atoms with van der Waals surface area (Å²) in [6, 6.07) is 14.0. The van der Waals surface area contributed by atoms with Gasteiger partial charge in [-0.15, -0.1) is 0 Å². The van der Waals surface area contributed by atoms with E-state index in [2.05, 4.69) is 5.32 Å². The first-order valence-electron chi connectivity index (χ1n) is 6.85. The summed E-state index contributed by atoms with van der Waals surface area (Å²) in [5, 5.41) is 12.2. The number of hydrogen-bond acceptors (Lipinski definition) is 4. The second-order valence-corrected chi connectivity index (χ2v) is 5.04. The molecule has 0 saturated carbocycles. The topological polar surface area (TPSA) is 71.3 Å². The van der Waals surface area contributed by atoms with E-state index in [1.165, 1.54) is 7.11 Å². The van der Waals surface area contributed by atoms with Crippen LogP contribution in [0.5, 0.6) is 11.5 Å². The molecule has 1 amide bonds. The van der Waals surface area contributed by atoms with Gasteiger partial charge >= 0.3 is 0 Å². The van der Waals surface area contributed by atoms with Crippen molar-refractivity contribution in [2.45, 2.75) is 6.54 Å². The highest BCUT2D eigenvalue weighted by molar-refractivity contribution is 6.31. The van der Waals surface area contributed by atoms with Crippen molar-refractivity contribution in [2.24, 2.45) is 0 Å². The molecule has 2 rings (SSSR count). The van der Waals surface area contributed by atoms with Gasteiger partial charge in [0.15, 0.2) is 18.1 Å². The van der Waals surface area contributed by atoms with Crippen LogP contribution < -0.4 is 14.8 Å². The minimum Gasteiger partial charge on any atom is -0.493 e. The first-order valence-corrected chi connectivity index (χ1v) is 7.23. The summed E-state index contributed by atoms with van der Waals surface area (Å²) in [4.78, 5) is 11.9. The number of methoxy groups -OCH3 is 1. The SMILES string of the molecule is COc1cc(C#N)ccc1OCC(=O)NCc1ccccc1Cl. The van der Waals surface area contributed by atoms with Gasteiger partial charge < -0.3 is 14.8 Å². The van der Waals surface area contributed by atoms with E-state index in [9.17, 15) is 4.79 Å². The molecule has 0 aliphatic carbocycles. The Hall–Kier alpha value is -2.71. The molecule has 0 aromatic heterocycles. The van der Waals surface area contributed by atoms with Gasteiger partial charge in [0.2, 0.25) is 0 Å². The third-order valence-electron chi connectivity index (χ3n) is 3.09. The molecule has 1 N–H and O–H groups in total. The van der Waals surface area contributed by atoms with E-state index in [0.29, 0.717) is 28.6 Å². The van der Waals surface area contributed by atoms with Crippen LogP contribution in [0.4, 0.5) is 0 Å². The molecule has 0 heterocycles. The molecule has 0 radical (unpaired) electrons. The maximum atomic E-state index is 11.9. The maximum Gasteiger partial charge on any atom is 0.258 e. The average Bonchev–Trinajstić information content (AvgIpc) is 2.59. The summed E-state index contributed by atoms with van der Waals surface area (Å²) in [5.41, 5.74) is 1.29. The van der Waals surface area contributed by atoms with E-state index < -0.39 is 0 Å². The Bertz CT molecular complexity index is 741. The predicted molar refractivity (Wildman–Crippen MR) is 86.5 cm³/mol. The molecule has 0 atom stereocenters. The van der Waals surface area contributed by atoms with Crippen molar-refractivity contribution in [1.29, 1.82) is 5.26 Å². The lowest BCUT2D eigenvalue weighted by Crippen LogP contribution is -2.28. The Labute approximate surface area is 139 Å². The number of nitrogens with one attached hydrogen (secondary N) is 1. The van der Waals surface area contributed by atoms with Gasteiger partial charge in [0, 0.05) is 17.6 Å². The van der Waals surface area contributed by atoms with Gasteiger partial charge in [-0.1, -0.05) is 29.8 Å². The molecule has 118 valence electrons. The van der Waals surface area contributed by atoms with Gasteiger partial charge in [-0.3, -0.25) is 4.79 Å². The molecule has 2 aromatic rings. The number of nitriles is 1. The van der Waals surface area contributed by atoms with Crippen LogP contribution in [0.1, 0.15) is 11.1 Å². The zero-order chi connectivity index (χ0) is 16.7. The highest BCUT2D eigenvalue weighted by Gasteiger charge is 2.09. The fraction of sp³-hybridized carbons (Fsp3) is 0.176. The quantitative estimate of drug-likeness (QED) is 0.884. The first kappa shape index (κ1) is 16.7. The lowest BCUT2D eigenvalue weighted by Gasteiger charge is -2.11. The third-order valence-corrected chi connectivity index (χ3v) is 3.45. The van der Waals surface area contributed by atoms with Gasteiger partial charge in [-0.25, -0.2) is 0 Å². The smallest absolute Gasteiger partial charge is 0.258 e. The zero-order valence-corrected chi connectivity index (χ0v) is 13.3. The molecule has 2 aromatic carbocycles. The molecule has 6 heteroatoms. The molecule has 5 nitrogen and oxygen atoms in total. The standard InChI is InChI=1S/C17H15ClN2O3/c1-22-16-8-12(9-19)6-7-15(16)23-11-17(21)20-10-13-4-2-3-5-14(13)18/h2-8H,10-11H2,1H3,(H,20,21). The fourth-order valence-corrected chi connectivity index (χ4v) is 2.09. The first-order chi connectivity index (χ1) is 11.1. The summed E-state index contributed by atoms with van der Waals surface area (Å²) >= 11 is 6.02. The number of ether oxygens (including phenoxy) is 2. The largest absolute Gasteiger partial charge is 0.493 e. The van der Waals surface area contributed by atoms with Crippen LogP contribution in [0.15, 0.2) is 42.5 Å². The molecular formula is C17H15ClN2O3. The maximum absolute atomic E-state index is 11.9. The van der Waals surface area contributed by atoms with Gasteiger partial charge in [-0.2, -0.15) is 5.26 Å². The number of benzene rings is 2. The van der Waals surface area contributed by atoms with Gasteiger partial charge in [-0.05, 0) is 23.8 Å². The van der Waals surface area contributed by atoms with Crippen LogP contribution in [0.3, 0.4) is 0 Å². The molecule has 0 aliphatic rings. The van der Waals surface area contributed by atoms with E-state index in [4.69, 9.17) is 26.3 Å². The van der Waals surface area contributed by atoms with Crippen molar-refractivity contribution in [2.75, 3.05) is 13.7 Å². The molecule has 23 heavy (non-hydrogen) atoms. The summed E-state index contributed by atoms with van der Waals surface area (Å²) in [5.74, 6) is 0.527. The predicted octanol–water partition coefficient (Wildman–Crippen LogP) is 2.92. The van der Waals surface area contributed by atoms with Crippen LogP contribution in [-0.2, 0) is 11.3 Å². The molecule has 0 saturated heterocycles. The Morgan fingerprint density at radius 2 is 2.04 bits per heavy atom. The van der Waals surface area contributed by atoms with Crippen molar-refractivity contribution in [3.8, 4) is 17.6 Å². The fourth-order valence-electron chi connectivity index (χ4n) is 1.89. The number of amides is 1. The van der Waals surface area contributed by atoms with E-state index in [0.717, 1.165) is 5.56 Å². The molecule has 0 aliphatic heterocycles. The lowest BCUT2D eigenvalue weighted by molar-refractivity contribution is -0.123. The van der Waals surface area contributed by atoms with Crippen LogP contribution in [0.25, 0.3) is 0 Å². The van der Waals surface area contributed by atoms with E-state index >= 15 is 0 Å². The zero-order valence-electron chi connectivity index (χ0n) is 12.5. The number of halogens is 1. The second-order valence-electron chi connectivity index (χ2n) is 4.63. The van der Waals surface area contributed by atoms with Crippen molar-refractivity contribution < 1.29 is 14.3 Å². The Kier molecular flexibility index (Phi) is 5.84. The number of rotatable bonds is 6. The molecule has 0 bridgehead atoms. The number of carbonyl (C=O) groups is 1. The van der Waals surface area contributed by atoms with E-state index in [1.807, 2.05) is 24.3 Å². The van der Waals surface area contributed by atoms with Crippen molar-refractivity contribution >= 4 is 17.5 Å². The summed E-state index contributed by atoms with van der Waals surface area (Å²) < 4.78 is 10.6. The minimum atomic E-state index is -0.281. The average molecular weight is 331 g/mol. The summed E-state index contributed by atoms with van der Waals surface area (Å²) in [6.07, 6.45) is 0. The minimum absolute atomic E-state index is 0.160. The Balaban J connectivity index is 1.90. The van der Waals surface area contributed by atoms with E-state index in [1.54, 1.807) is 24.3 Å². The normalized spacial score (nSPS) is 9.78. The lowest BCUT2D eigenvalue weighted by atomic mass is 10.2. The van der Waals surface area contributed by atoms with Crippen LogP contribution in [0.2, 0.25) is 5.02 Å². The van der Waals surface area contributed by atoms with Crippen molar-refractivity contribution in [3.63, 3.8) is 0 Å². The van der Waals surface area contributed by atoms with E-state index in [-0.39, 0.29) is 12.5 Å². The summed E-state index contributed by atoms with van der Waals surface area (Å²) in [7, 11) is 1.47. The number of hydrogen-bond donors (Lipinski definition) is 1. The van der Waals surface area contributed by atoms with Crippen LogP contribution in [0, 0.1) is 11.3 Å². The Morgan fingerprint density at radius 3 is 2.74 bits per heavy atom. The second kappa shape index (κ2) is 8.06. The Morgan fingerprint density at radius 1 is 1.26 bits per heavy atom. The number of carbonyl (C=O) groups excluding carboxylic acids is 1. The highest BCUT2D eigenvalue weighted by atomic mass is 35.5. The molecule has 0 fully saturated rings. The summed E-state index contributed by atoms with van der Waals surface area (Å²) in [6.45, 7) is 0.166. The van der Waals surface area contributed by atoms with Crippen molar-refractivity contribution in [1.82, 2.24) is 5.32 Å². The molecule has 0 unspecified atom stereocenters. The van der Waals surface area contributed by atoms with Gasteiger partial charge in [0.05, 0.1) is 18.7 Å². The monoisotopic (exact) mass is 330 g/mol. The van der Waals surface area contributed by atoms with Crippen LogP contribution >= 0.6 is 11.6 Å². The highest BCUT2D eigenvalue weighted by Crippen LogP contribution is 2.27. The molecular weight excluding hydrogens is 316 g/mol. The molecule has 0 spiro atoms. The van der Waals surface area contributed by atoms with Crippen LogP contribution in [-0.4, -0.2) is 19.6 Å². The number of nitrogens with zero attached hydrogens (tertiary/aromatic N) is 1.